The predicted molar refractivity (Wildman–Crippen MR) is 88.3 cm³/mol. The first-order valence-corrected chi connectivity index (χ1v) is 11.1. The summed E-state index contributed by atoms with van der Waals surface area (Å²) in [6.07, 6.45) is 9.13. The normalized spacial score (nSPS) is 45.0. The van der Waals surface area contributed by atoms with Gasteiger partial charge < -0.3 is 13.3 Å². The van der Waals surface area contributed by atoms with Crippen molar-refractivity contribution in [3.63, 3.8) is 0 Å². The van der Waals surface area contributed by atoms with Crippen LogP contribution in [-0.2, 0) is 13.3 Å². The van der Waals surface area contributed by atoms with Crippen molar-refractivity contribution in [2.45, 2.75) is 45.6 Å². The van der Waals surface area contributed by atoms with E-state index in [4.69, 9.17) is 13.3 Å². The fraction of sp³-hybridized carbons (Fsp3) is 0.889. The van der Waals surface area contributed by atoms with Gasteiger partial charge in [-0.2, -0.15) is 0 Å². The number of allylic oxidation sites excluding steroid dienone is 2. The molecule has 0 aromatic heterocycles. The summed E-state index contributed by atoms with van der Waals surface area (Å²) in [5.74, 6) is 5.26. The maximum atomic E-state index is 6.25. The van der Waals surface area contributed by atoms with Crippen molar-refractivity contribution in [2.75, 3.05) is 19.8 Å². The van der Waals surface area contributed by atoms with Gasteiger partial charge in [-0.15, -0.1) is 0 Å². The summed E-state index contributed by atoms with van der Waals surface area (Å²) in [5, 5.41) is 0. The molecule has 0 heterocycles. The van der Waals surface area contributed by atoms with E-state index in [1.807, 2.05) is 0 Å². The first-order chi connectivity index (χ1) is 10.7. The van der Waals surface area contributed by atoms with E-state index >= 15 is 0 Å². The standard InChI is InChI=1S/C18H30O3Si/c1-4-19-22(20-5-2,21-6-3)16-11-14-10-15(16)18-13-8-7-12(9-13)17(14)18/h7-8,12-18H,4-6,9-11H2,1-3H3. The Balaban J connectivity index is 1.61. The van der Waals surface area contributed by atoms with E-state index in [1.165, 1.54) is 19.3 Å². The van der Waals surface area contributed by atoms with Gasteiger partial charge in [0.1, 0.15) is 0 Å². The maximum absolute atomic E-state index is 6.25. The van der Waals surface area contributed by atoms with E-state index in [-0.39, 0.29) is 0 Å². The van der Waals surface area contributed by atoms with Crippen LogP contribution in [0.2, 0.25) is 5.54 Å². The van der Waals surface area contributed by atoms with E-state index in [0.29, 0.717) is 25.4 Å². The molecule has 4 bridgehead atoms. The van der Waals surface area contributed by atoms with Crippen molar-refractivity contribution < 1.29 is 13.3 Å². The average Bonchev–Trinajstić information content (AvgIpc) is 3.26. The molecular weight excluding hydrogens is 292 g/mol. The summed E-state index contributed by atoms with van der Waals surface area (Å²) < 4.78 is 18.8. The van der Waals surface area contributed by atoms with Crippen molar-refractivity contribution >= 4 is 8.80 Å². The van der Waals surface area contributed by atoms with E-state index in [1.54, 1.807) is 0 Å². The minimum absolute atomic E-state index is 0.548. The Kier molecular flexibility index (Phi) is 4.00. The monoisotopic (exact) mass is 322 g/mol. The Morgan fingerprint density at radius 2 is 1.41 bits per heavy atom. The van der Waals surface area contributed by atoms with Crippen LogP contribution < -0.4 is 0 Å². The second kappa shape index (κ2) is 5.73. The molecule has 0 N–H and O–H groups in total. The first-order valence-electron chi connectivity index (χ1n) is 9.34. The van der Waals surface area contributed by atoms with Crippen LogP contribution >= 0.6 is 0 Å². The van der Waals surface area contributed by atoms with Crippen LogP contribution in [0.4, 0.5) is 0 Å². The summed E-state index contributed by atoms with van der Waals surface area (Å²) in [6.45, 7) is 8.36. The molecule has 4 aliphatic carbocycles. The second-order valence-corrected chi connectivity index (χ2v) is 10.3. The fourth-order valence-electron chi connectivity index (χ4n) is 6.47. The van der Waals surface area contributed by atoms with Gasteiger partial charge in [0.15, 0.2) is 0 Å². The van der Waals surface area contributed by atoms with Crippen LogP contribution in [0.25, 0.3) is 0 Å². The number of rotatable bonds is 7. The van der Waals surface area contributed by atoms with Crippen LogP contribution in [0.3, 0.4) is 0 Å². The van der Waals surface area contributed by atoms with Crippen LogP contribution in [0, 0.1) is 35.5 Å². The zero-order valence-electron chi connectivity index (χ0n) is 14.2. The third-order valence-electron chi connectivity index (χ3n) is 6.76. The van der Waals surface area contributed by atoms with Gasteiger partial charge >= 0.3 is 8.80 Å². The minimum Gasteiger partial charge on any atom is -0.374 e. The zero-order valence-corrected chi connectivity index (χ0v) is 15.2. The molecule has 7 atom stereocenters. The highest BCUT2D eigenvalue weighted by molar-refractivity contribution is 6.62. The average molecular weight is 323 g/mol. The third kappa shape index (κ3) is 2.03. The van der Waals surface area contributed by atoms with Gasteiger partial charge in [0.25, 0.3) is 0 Å². The van der Waals surface area contributed by atoms with E-state index in [9.17, 15) is 0 Å². The molecule has 3 fully saturated rings. The summed E-state index contributed by atoms with van der Waals surface area (Å²) in [6, 6.07) is 0. The molecule has 4 heteroatoms. The molecule has 3 nitrogen and oxygen atoms in total. The van der Waals surface area contributed by atoms with E-state index in [2.05, 4.69) is 32.9 Å². The van der Waals surface area contributed by atoms with Gasteiger partial charge in [-0.05, 0) is 75.5 Å². The SMILES string of the molecule is CCO[Si](OCC)(OCC)C1CC2CC1C1C3C=CC(C3)C21. The van der Waals surface area contributed by atoms with Gasteiger partial charge in [0.05, 0.1) is 0 Å². The van der Waals surface area contributed by atoms with E-state index < -0.39 is 8.80 Å². The molecule has 4 rings (SSSR count). The predicted octanol–water partition coefficient (Wildman–Crippen LogP) is 3.88. The quantitative estimate of drug-likeness (QED) is 0.404. The molecule has 0 aliphatic heterocycles. The van der Waals surface area contributed by atoms with Crippen molar-refractivity contribution in [1.29, 1.82) is 0 Å². The minimum atomic E-state index is -2.53. The Labute approximate surface area is 135 Å². The summed E-state index contributed by atoms with van der Waals surface area (Å²) in [4.78, 5) is 0. The van der Waals surface area contributed by atoms with Crippen molar-refractivity contribution in [3.8, 4) is 0 Å². The van der Waals surface area contributed by atoms with Gasteiger partial charge in [0, 0.05) is 25.4 Å². The second-order valence-electron chi connectivity index (χ2n) is 7.51. The van der Waals surface area contributed by atoms with Gasteiger partial charge in [-0.1, -0.05) is 12.2 Å². The Hall–Kier alpha value is -0.163. The van der Waals surface area contributed by atoms with Gasteiger partial charge in [-0.3, -0.25) is 0 Å². The van der Waals surface area contributed by atoms with Crippen LogP contribution in [0.5, 0.6) is 0 Å². The molecule has 3 saturated carbocycles. The zero-order chi connectivity index (χ0) is 15.3. The number of fused-ring (bicyclic) bond motifs is 9. The van der Waals surface area contributed by atoms with Gasteiger partial charge in [-0.25, -0.2) is 0 Å². The topological polar surface area (TPSA) is 27.7 Å². The summed E-state index contributed by atoms with van der Waals surface area (Å²) in [7, 11) is -2.53. The molecule has 0 saturated heterocycles. The lowest BCUT2D eigenvalue weighted by atomic mass is 9.73. The highest BCUT2D eigenvalue weighted by atomic mass is 28.4. The molecule has 0 aromatic carbocycles. The number of hydrogen-bond acceptors (Lipinski definition) is 3. The molecule has 124 valence electrons. The summed E-state index contributed by atoms with van der Waals surface area (Å²) in [5.41, 5.74) is 0.548. The molecule has 7 unspecified atom stereocenters. The molecular formula is C18H30O3Si. The lowest BCUT2D eigenvalue weighted by Gasteiger charge is -2.43. The van der Waals surface area contributed by atoms with Gasteiger partial charge in [0.2, 0.25) is 0 Å². The maximum Gasteiger partial charge on any atom is 0.504 e. The lowest BCUT2D eigenvalue weighted by Crippen LogP contribution is -2.53. The van der Waals surface area contributed by atoms with Crippen molar-refractivity contribution in [2.24, 2.45) is 35.5 Å². The third-order valence-corrected chi connectivity index (χ3v) is 10.4. The van der Waals surface area contributed by atoms with Crippen LogP contribution in [0.1, 0.15) is 40.0 Å². The first kappa shape index (κ1) is 15.4. The molecule has 22 heavy (non-hydrogen) atoms. The summed E-state index contributed by atoms with van der Waals surface area (Å²) >= 11 is 0. The Bertz CT molecular complexity index is 435. The molecule has 0 aromatic rings. The molecule has 0 amide bonds. The molecule has 4 aliphatic rings. The molecule has 0 spiro atoms. The highest BCUT2D eigenvalue weighted by Gasteiger charge is 2.67. The van der Waals surface area contributed by atoms with Crippen molar-refractivity contribution in [1.82, 2.24) is 0 Å². The highest BCUT2D eigenvalue weighted by Crippen LogP contribution is 2.70. The molecule has 0 radical (unpaired) electrons. The lowest BCUT2D eigenvalue weighted by molar-refractivity contribution is 0.0434. The van der Waals surface area contributed by atoms with E-state index in [0.717, 1.165) is 35.5 Å². The smallest absolute Gasteiger partial charge is 0.374 e. The van der Waals surface area contributed by atoms with Crippen LogP contribution in [-0.4, -0.2) is 28.6 Å². The van der Waals surface area contributed by atoms with Crippen molar-refractivity contribution in [3.05, 3.63) is 12.2 Å². The van der Waals surface area contributed by atoms with Crippen LogP contribution in [0.15, 0.2) is 12.2 Å². The Morgan fingerprint density at radius 1 is 0.818 bits per heavy atom. The largest absolute Gasteiger partial charge is 0.504 e. The fourth-order valence-corrected chi connectivity index (χ4v) is 10.0. The number of hydrogen-bond donors (Lipinski definition) is 0. The Morgan fingerprint density at radius 3 is 2.00 bits per heavy atom.